The molecule has 2 atom stereocenters. The van der Waals surface area contributed by atoms with E-state index in [0.717, 1.165) is 0 Å². The summed E-state index contributed by atoms with van der Waals surface area (Å²) in [6, 6.07) is 0. The number of allylic oxidation sites excluding steroid dienone is 2. The summed E-state index contributed by atoms with van der Waals surface area (Å²) in [5.41, 5.74) is 0. The molecule has 0 fully saturated rings. The van der Waals surface area contributed by atoms with E-state index in [2.05, 4.69) is 0 Å². The summed E-state index contributed by atoms with van der Waals surface area (Å²) in [5.74, 6) is -1.88. The van der Waals surface area contributed by atoms with Gasteiger partial charge in [0.1, 0.15) is 10.7 Å². The molecule has 18 heavy (non-hydrogen) atoms. The average molecular weight is 341 g/mol. The van der Waals surface area contributed by atoms with Gasteiger partial charge in [0, 0.05) is 10.7 Å². The van der Waals surface area contributed by atoms with Gasteiger partial charge in [-0.3, -0.25) is 0 Å². The van der Waals surface area contributed by atoms with Crippen LogP contribution < -0.4 is 0 Å². The third-order valence-corrected chi connectivity index (χ3v) is 7.08. The highest BCUT2D eigenvalue weighted by Crippen LogP contribution is 2.42. The highest BCUT2D eigenvalue weighted by molar-refractivity contribution is 8.16. The van der Waals surface area contributed by atoms with Gasteiger partial charge < -0.3 is 0 Å². The number of hydrogen-bond donors (Lipinski definition) is 0. The highest BCUT2D eigenvalue weighted by Gasteiger charge is 2.50. The number of halogens is 4. The van der Waals surface area contributed by atoms with Gasteiger partial charge in [-0.15, -0.1) is 0 Å². The van der Waals surface area contributed by atoms with E-state index in [1.807, 2.05) is 0 Å². The molecule has 0 saturated carbocycles. The second-order valence-electron chi connectivity index (χ2n) is 3.46. The van der Waals surface area contributed by atoms with Crippen molar-refractivity contribution in [2.45, 2.75) is 17.3 Å². The van der Waals surface area contributed by atoms with Crippen molar-refractivity contribution in [3.05, 3.63) is 22.9 Å². The highest BCUT2D eigenvalue weighted by atomic mass is 35.7. The quantitative estimate of drug-likeness (QED) is 0.582. The molecule has 1 rings (SSSR count). The SMILES string of the molecule is CCS(=O)(=O)C1=CC(Cl)(S(=O)(=O)Cl)C(F)C=C1F. The Hall–Kier alpha value is -0.180. The normalized spacial score (nSPS) is 29.7. The molecule has 0 bridgehead atoms. The van der Waals surface area contributed by atoms with Crippen LogP contribution in [-0.4, -0.2) is 33.0 Å². The van der Waals surface area contributed by atoms with Crippen LogP contribution in [0, 0.1) is 0 Å². The second kappa shape index (κ2) is 4.73. The van der Waals surface area contributed by atoms with Crippen LogP contribution in [0.4, 0.5) is 8.78 Å². The standard InChI is InChI=1S/C8H8Cl2F2O4S2/c1-2-17(13,14)6-4-8(9,18(10,15)16)7(12)3-5(6)11/h3-4,7H,2H2,1H3. The zero-order valence-electron chi connectivity index (χ0n) is 8.90. The van der Waals surface area contributed by atoms with Crippen LogP contribution in [0.3, 0.4) is 0 Å². The Morgan fingerprint density at radius 3 is 2.28 bits per heavy atom. The largest absolute Gasteiger partial charge is 0.259 e. The first kappa shape index (κ1) is 15.9. The van der Waals surface area contributed by atoms with Gasteiger partial charge in [0.05, 0.1) is 5.75 Å². The Labute approximate surface area is 113 Å². The van der Waals surface area contributed by atoms with Crippen molar-refractivity contribution in [1.29, 1.82) is 0 Å². The maximum absolute atomic E-state index is 13.5. The molecule has 1 aliphatic carbocycles. The van der Waals surface area contributed by atoms with Crippen LogP contribution in [0.25, 0.3) is 0 Å². The lowest BCUT2D eigenvalue weighted by Crippen LogP contribution is -2.39. The minimum atomic E-state index is -4.69. The first-order chi connectivity index (χ1) is 7.95. The van der Waals surface area contributed by atoms with Crippen molar-refractivity contribution in [2.75, 3.05) is 5.75 Å². The van der Waals surface area contributed by atoms with Crippen molar-refractivity contribution >= 4 is 41.2 Å². The Bertz CT molecular complexity index is 623. The van der Waals surface area contributed by atoms with E-state index in [4.69, 9.17) is 22.3 Å². The number of sulfone groups is 1. The van der Waals surface area contributed by atoms with Gasteiger partial charge in [-0.25, -0.2) is 25.6 Å². The molecule has 0 N–H and O–H groups in total. The van der Waals surface area contributed by atoms with Gasteiger partial charge in [-0.1, -0.05) is 18.5 Å². The van der Waals surface area contributed by atoms with Crippen molar-refractivity contribution < 1.29 is 25.6 Å². The molecule has 0 radical (unpaired) electrons. The van der Waals surface area contributed by atoms with Crippen molar-refractivity contribution in [2.24, 2.45) is 0 Å². The molecule has 0 saturated heterocycles. The molecule has 0 aromatic carbocycles. The molecule has 0 aromatic rings. The molecule has 0 spiro atoms. The van der Waals surface area contributed by atoms with Gasteiger partial charge in [0.2, 0.25) is 4.21 Å². The summed E-state index contributed by atoms with van der Waals surface area (Å²) in [5, 5.41) is 0. The summed E-state index contributed by atoms with van der Waals surface area (Å²) in [6.45, 7) is 1.22. The number of hydrogen-bond acceptors (Lipinski definition) is 4. The Balaban J connectivity index is 3.55. The molecular weight excluding hydrogens is 333 g/mol. The van der Waals surface area contributed by atoms with Gasteiger partial charge in [0.25, 0.3) is 9.05 Å². The Morgan fingerprint density at radius 1 is 1.39 bits per heavy atom. The maximum atomic E-state index is 13.5. The molecule has 4 nitrogen and oxygen atoms in total. The fourth-order valence-electron chi connectivity index (χ4n) is 1.25. The van der Waals surface area contributed by atoms with E-state index in [1.165, 1.54) is 6.92 Å². The monoisotopic (exact) mass is 340 g/mol. The van der Waals surface area contributed by atoms with Crippen LogP contribution in [-0.2, 0) is 18.9 Å². The van der Waals surface area contributed by atoms with E-state index >= 15 is 0 Å². The van der Waals surface area contributed by atoms with Crippen LogP contribution in [0.2, 0.25) is 0 Å². The van der Waals surface area contributed by atoms with E-state index in [1.54, 1.807) is 0 Å². The van der Waals surface area contributed by atoms with E-state index in [9.17, 15) is 25.6 Å². The minimum absolute atomic E-state index is 0.176. The fourth-order valence-corrected chi connectivity index (χ4v) is 3.59. The molecule has 0 amide bonds. The molecule has 10 heteroatoms. The maximum Gasteiger partial charge on any atom is 0.259 e. The zero-order chi connectivity index (χ0) is 14.4. The van der Waals surface area contributed by atoms with E-state index in [0.29, 0.717) is 0 Å². The first-order valence-corrected chi connectivity index (χ1v) is 8.90. The average Bonchev–Trinajstić information content (AvgIpc) is 2.21. The van der Waals surface area contributed by atoms with Crippen LogP contribution in [0.1, 0.15) is 6.92 Å². The number of alkyl halides is 2. The predicted molar refractivity (Wildman–Crippen MR) is 65.0 cm³/mol. The van der Waals surface area contributed by atoms with Crippen LogP contribution in [0.15, 0.2) is 22.9 Å². The molecular formula is C8H8Cl2F2O4S2. The third-order valence-electron chi connectivity index (χ3n) is 2.32. The van der Waals surface area contributed by atoms with Crippen molar-refractivity contribution in [3.8, 4) is 0 Å². The lowest BCUT2D eigenvalue weighted by Gasteiger charge is -2.26. The van der Waals surface area contributed by atoms with Gasteiger partial charge in [-0.2, -0.15) is 0 Å². The smallest absolute Gasteiger partial charge is 0.239 e. The molecule has 0 aromatic heterocycles. The van der Waals surface area contributed by atoms with Crippen molar-refractivity contribution in [3.63, 3.8) is 0 Å². The summed E-state index contributed by atoms with van der Waals surface area (Å²) in [4.78, 5) is -0.974. The van der Waals surface area contributed by atoms with Gasteiger partial charge >= 0.3 is 0 Å². The molecule has 0 heterocycles. The predicted octanol–water partition coefficient (Wildman–Crippen LogP) is 2.01. The topological polar surface area (TPSA) is 68.3 Å². The lowest BCUT2D eigenvalue weighted by molar-refractivity contribution is 0.373. The Morgan fingerprint density at radius 2 is 1.89 bits per heavy atom. The molecule has 2 unspecified atom stereocenters. The molecule has 0 aliphatic heterocycles. The van der Waals surface area contributed by atoms with Crippen LogP contribution >= 0.6 is 22.3 Å². The Kier molecular flexibility index (Phi) is 4.18. The summed E-state index contributed by atoms with van der Waals surface area (Å²) < 4.78 is 69.5. The van der Waals surface area contributed by atoms with Crippen LogP contribution in [0.5, 0.6) is 0 Å². The van der Waals surface area contributed by atoms with Gasteiger partial charge in [0.15, 0.2) is 16.0 Å². The van der Waals surface area contributed by atoms with Gasteiger partial charge in [-0.05, 0) is 12.2 Å². The summed E-state index contributed by atoms with van der Waals surface area (Å²) in [7, 11) is -3.81. The van der Waals surface area contributed by atoms with E-state index in [-0.39, 0.29) is 12.2 Å². The third kappa shape index (κ3) is 2.56. The zero-order valence-corrected chi connectivity index (χ0v) is 12.0. The summed E-state index contributed by atoms with van der Waals surface area (Å²) >= 11 is 5.48. The second-order valence-corrected chi connectivity index (χ2v) is 9.33. The minimum Gasteiger partial charge on any atom is -0.239 e. The first-order valence-electron chi connectivity index (χ1n) is 4.56. The number of rotatable bonds is 3. The summed E-state index contributed by atoms with van der Waals surface area (Å²) in [6.07, 6.45) is -2.02. The fraction of sp³-hybridized carbons (Fsp3) is 0.500. The molecule has 1 aliphatic rings. The molecule has 104 valence electrons. The van der Waals surface area contributed by atoms with Crippen molar-refractivity contribution in [1.82, 2.24) is 0 Å². The van der Waals surface area contributed by atoms with E-state index < -0.39 is 45.8 Å². The lowest BCUT2D eigenvalue weighted by atomic mass is 10.1.